The highest BCUT2D eigenvalue weighted by Crippen LogP contribution is 2.38. The Bertz CT molecular complexity index is 732. The van der Waals surface area contributed by atoms with Gasteiger partial charge in [-0.15, -0.1) is 0 Å². The predicted octanol–water partition coefficient (Wildman–Crippen LogP) is 0.609. The molecule has 2 saturated heterocycles. The van der Waals surface area contributed by atoms with E-state index in [-0.39, 0.29) is 43.3 Å². The third kappa shape index (κ3) is 8.02. The van der Waals surface area contributed by atoms with Gasteiger partial charge in [0.25, 0.3) is 0 Å². The molecule has 2 aliphatic heterocycles. The van der Waals surface area contributed by atoms with Crippen molar-refractivity contribution in [3.8, 4) is 0 Å². The fraction of sp³-hybridized carbons (Fsp3) is 0.885. The van der Waals surface area contributed by atoms with Gasteiger partial charge in [0.1, 0.15) is 11.9 Å². The number of aliphatic hydroxyl groups excluding tert-OH is 4. The Morgan fingerprint density at radius 3 is 2.36 bits per heavy atom. The van der Waals surface area contributed by atoms with Crippen molar-refractivity contribution >= 4 is 5.78 Å². The van der Waals surface area contributed by atoms with Gasteiger partial charge < -0.3 is 45.5 Å². The molecule has 2 rings (SSSR count). The van der Waals surface area contributed by atoms with E-state index in [0.717, 1.165) is 0 Å². The van der Waals surface area contributed by atoms with Crippen LogP contribution in [0.15, 0.2) is 12.2 Å². The van der Waals surface area contributed by atoms with Crippen LogP contribution in [0.2, 0.25) is 0 Å². The first-order valence-corrected chi connectivity index (χ1v) is 13.1. The third-order valence-electron chi connectivity index (χ3n) is 7.11. The van der Waals surface area contributed by atoms with Crippen LogP contribution in [-0.2, 0) is 19.0 Å². The number of aliphatic hydroxyl groups is 5. The summed E-state index contributed by atoms with van der Waals surface area (Å²) in [5.41, 5.74) is 5.95. The molecule has 11 atom stereocenters. The van der Waals surface area contributed by atoms with Crippen molar-refractivity contribution < 1.29 is 44.5 Å². The van der Waals surface area contributed by atoms with E-state index in [0.29, 0.717) is 0 Å². The topological polar surface area (TPSA) is 172 Å². The lowest BCUT2D eigenvalue weighted by molar-refractivity contribution is -0.307. The Morgan fingerprint density at radius 2 is 1.81 bits per heavy atom. The largest absolute Gasteiger partial charge is 0.393 e. The molecule has 7 unspecified atom stereocenters. The van der Waals surface area contributed by atoms with E-state index in [9.17, 15) is 30.3 Å². The molecule has 0 aromatic rings. The Hall–Kier alpha value is -0.950. The number of rotatable bonds is 11. The van der Waals surface area contributed by atoms with Gasteiger partial charge in [-0.2, -0.15) is 0 Å². The first kappa shape index (κ1) is 31.3. The van der Waals surface area contributed by atoms with E-state index >= 15 is 0 Å². The minimum Gasteiger partial charge on any atom is -0.393 e. The number of carbonyl (C=O) groups excluding carboxylic acids is 1. The van der Waals surface area contributed by atoms with Crippen molar-refractivity contribution in [3.63, 3.8) is 0 Å². The van der Waals surface area contributed by atoms with Crippen LogP contribution in [0.3, 0.4) is 0 Å². The van der Waals surface area contributed by atoms with E-state index in [1.54, 1.807) is 19.9 Å². The molecule has 0 radical (unpaired) electrons. The zero-order chi connectivity index (χ0) is 27.4. The zero-order valence-electron chi connectivity index (χ0n) is 22.4. The minimum absolute atomic E-state index is 0.0650. The summed E-state index contributed by atoms with van der Waals surface area (Å²) in [4.78, 5) is 12.8. The lowest BCUT2D eigenvalue weighted by atomic mass is 9.79. The summed E-state index contributed by atoms with van der Waals surface area (Å²) in [6.45, 7) is 10.9. The van der Waals surface area contributed by atoms with E-state index in [2.05, 4.69) is 0 Å². The lowest BCUT2D eigenvalue weighted by Crippen LogP contribution is -2.61. The SMILES string of the molecule is CCC(=O)[C@H]1C(C[C@H](/C=C/C(C)C)OC2OC(C)C(O)C(N)C2O)O[C@](O)(CC(O)C(C)C)C[C@@H]1O. The lowest BCUT2D eigenvalue weighted by Gasteiger charge is -2.46. The Morgan fingerprint density at radius 1 is 1.17 bits per heavy atom. The van der Waals surface area contributed by atoms with Crippen LogP contribution < -0.4 is 5.73 Å². The van der Waals surface area contributed by atoms with Crippen LogP contribution in [0.4, 0.5) is 0 Å². The van der Waals surface area contributed by atoms with Crippen molar-refractivity contribution in [1.82, 2.24) is 0 Å². The Labute approximate surface area is 214 Å². The predicted molar refractivity (Wildman–Crippen MR) is 132 cm³/mol. The first-order valence-electron chi connectivity index (χ1n) is 13.1. The van der Waals surface area contributed by atoms with Crippen LogP contribution >= 0.6 is 0 Å². The smallest absolute Gasteiger partial charge is 0.186 e. The maximum atomic E-state index is 12.8. The highest BCUT2D eigenvalue weighted by atomic mass is 16.7. The molecule has 0 aliphatic carbocycles. The van der Waals surface area contributed by atoms with Gasteiger partial charge in [0.05, 0.1) is 48.6 Å². The minimum atomic E-state index is -1.83. The number of allylic oxidation sites excluding steroid dienone is 1. The molecule has 210 valence electrons. The summed E-state index contributed by atoms with van der Waals surface area (Å²) in [7, 11) is 0. The summed E-state index contributed by atoms with van der Waals surface area (Å²) < 4.78 is 17.8. The fourth-order valence-corrected chi connectivity index (χ4v) is 4.76. The normalized spacial score (nSPS) is 39.6. The molecule has 0 amide bonds. The van der Waals surface area contributed by atoms with Crippen LogP contribution in [0, 0.1) is 17.8 Å². The van der Waals surface area contributed by atoms with Crippen LogP contribution in [0.25, 0.3) is 0 Å². The van der Waals surface area contributed by atoms with Gasteiger partial charge in [-0.25, -0.2) is 0 Å². The molecule has 2 aliphatic rings. The monoisotopic (exact) mass is 517 g/mol. The van der Waals surface area contributed by atoms with Crippen LogP contribution in [0.1, 0.15) is 67.2 Å². The van der Waals surface area contributed by atoms with Gasteiger partial charge >= 0.3 is 0 Å². The van der Waals surface area contributed by atoms with Gasteiger partial charge in [0.15, 0.2) is 12.1 Å². The fourth-order valence-electron chi connectivity index (χ4n) is 4.76. The van der Waals surface area contributed by atoms with Crippen molar-refractivity contribution in [1.29, 1.82) is 0 Å². The number of ketones is 1. The molecular formula is C26H47NO9. The van der Waals surface area contributed by atoms with Crippen molar-refractivity contribution in [3.05, 3.63) is 12.2 Å². The third-order valence-corrected chi connectivity index (χ3v) is 7.11. The summed E-state index contributed by atoms with van der Waals surface area (Å²) in [6.07, 6.45) is -4.29. The quantitative estimate of drug-likeness (QED) is 0.213. The number of hydrogen-bond donors (Lipinski definition) is 6. The average molecular weight is 518 g/mol. The molecule has 2 heterocycles. The summed E-state index contributed by atoms with van der Waals surface area (Å²) in [5, 5.41) is 53.1. The molecule has 10 nitrogen and oxygen atoms in total. The molecule has 0 bridgehead atoms. The van der Waals surface area contributed by atoms with Crippen LogP contribution in [-0.4, -0.2) is 92.2 Å². The average Bonchev–Trinajstić information content (AvgIpc) is 2.78. The van der Waals surface area contributed by atoms with E-state index in [1.807, 2.05) is 33.8 Å². The molecule has 0 spiro atoms. The molecule has 0 aromatic heterocycles. The number of Topliss-reactive ketones (excluding diaryl/α,β-unsaturated/α-hetero) is 1. The number of carbonyl (C=O) groups is 1. The van der Waals surface area contributed by atoms with Crippen molar-refractivity contribution in [2.45, 2.75) is 128 Å². The van der Waals surface area contributed by atoms with Crippen molar-refractivity contribution in [2.75, 3.05) is 0 Å². The second kappa shape index (κ2) is 13.2. The highest BCUT2D eigenvalue weighted by Gasteiger charge is 2.50. The number of hydrogen-bond acceptors (Lipinski definition) is 10. The first-order chi connectivity index (χ1) is 16.7. The Balaban J connectivity index is 2.32. The second-order valence-electron chi connectivity index (χ2n) is 11.0. The van der Waals surface area contributed by atoms with Gasteiger partial charge in [0.2, 0.25) is 0 Å². The van der Waals surface area contributed by atoms with E-state index < -0.39 is 66.8 Å². The van der Waals surface area contributed by atoms with Gasteiger partial charge in [-0.3, -0.25) is 4.79 Å². The zero-order valence-corrected chi connectivity index (χ0v) is 22.4. The highest BCUT2D eigenvalue weighted by molar-refractivity contribution is 5.82. The molecular weight excluding hydrogens is 470 g/mol. The van der Waals surface area contributed by atoms with E-state index in [1.165, 1.54) is 0 Å². The molecule has 10 heteroatoms. The van der Waals surface area contributed by atoms with E-state index in [4.69, 9.17) is 19.9 Å². The second-order valence-corrected chi connectivity index (χ2v) is 11.0. The molecule has 0 aromatic carbocycles. The summed E-state index contributed by atoms with van der Waals surface area (Å²) in [5.74, 6) is -2.91. The summed E-state index contributed by atoms with van der Waals surface area (Å²) >= 11 is 0. The van der Waals surface area contributed by atoms with Crippen molar-refractivity contribution in [2.24, 2.45) is 23.5 Å². The maximum absolute atomic E-state index is 12.8. The summed E-state index contributed by atoms with van der Waals surface area (Å²) in [6, 6.07) is -0.974. The molecule has 36 heavy (non-hydrogen) atoms. The maximum Gasteiger partial charge on any atom is 0.186 e. The van der Waals surface area contributed by atoms with Gasteiger partial charge in [0, 0.05) is 25.7 Å². The number of nitrogens with two attached hydrogens (primary N) is 1. The standard InChI is InChI=1S/C26H47NO9/c1-7-17(28)21-19(30)12-26(33,11-18(29)14(4)5)36-20(21)10-16(9-8-13(2)3)35-25-24(32)22(27)23(31)15(6)34-25/h8-9,13-16,18-25,29-33H,7,10-12,27H2,1-6H3/b9-8+/t15?,16-,18?,19-,20?,21+,22?,23?,24?,25?,26+/m0/s1. The molecule has 2 fully saturated rings. The number of ether oxygens (including phenoxy) is 3. The van der Waals surface area contributed by atoms with Gasteiger partial charge in [-0.1, -0.05) is 46.8 Å². The van der Waals surface area contributed by atoms with Gasteiger partial charge in [-0.05, 0) is 18.8 Å². The Kier molecular flexibility index (Phi) is 11.5. The molecule has 7 N–H and O–H groups in total. The molecule has 0 saturated carbocycles. The van der Waals surface area contributed by atoms with Crippen LogP contribution in [0.5, 0.6) is 0 Å².